The van der Waals surface area contributed by atoms with Gasteiger partial charge in [-0.1, -0.05) is 22.6 Å². The molecule has 0 aromatic carbocycles. The van der Waals surface area contributed by atoms with Crippen LogP contribution >= 0.6 is 22.6 Å². The SMILES string of the molecule is O=S(O)OCCCCI. The van der Waals surface area contributed by atoms with E-state index in [0.717, 1.165) is 17.3 Å². The molecule has 9 heavy (non-hydrogen) atoms. The van der Waals surface area contributed by atoms with Crippen molar-refractivity contribution >= 4 is 34.0 Å². The molecule has 0 saturated carbocycles. The minimum Gasteiger partial charge on any atom is -0.284 e. The fourth-order valence-corrected chi connectivity index (χ4v) is 1.13. The van der Waals surface area contributed by atoms with Crippen molar-refractivity contribution in [3.8, 4) is 0 Å². The Labute approximate surface area is 70.8 Å². The van der Waals surface area contributed by atoms with Crippen LogP contribution in [0.3, 0.4) is 0 Å². The Morgan fingerprint density at radius 2 is 2.22 bits per heavy atom. The molecular weight excluding hydrogens is 255 g/mol. The third-order valence-corrected chi connectivity index (χ3v) is 1.84. The standard InChI is InChI=1S/C4H9IO3S/c5-3-1-2-4-8-9(6)7/h1-4H2,(H,6,7). The van der Waals surface area contributed by atoms with Gasteiger partial charge in [-0.05, 0) is 17.3 Å². The maximum absolute atomic E-state index is 9.85. The van der Waals surface area contributed by atoms with E-state index in [0.29, 0.717) is 6.61 Å². The molecule has 0 aromatic heterocycles. The first-order valence-corrected chi connectivity index (χ1v) is 5.13. The summed E-state index contributed by atoms with van der Waals surface area (Å²) in [5, 5.41) is 0. The summed E-state index contributed by atoms with van der Waals surface area (Å²) >= 11 is 0.179. The predicted octanol–water partition coefficient (Wildman–Crippen LogP) is 1.35. The minimum absolute atomic E-state index is 0.381. The van der Waals surface area contributed by atoms with E-state index < -0.39 is 11.4 Å². The lowest BCUT2D eigenvalue weighted by molar-refractivity contribution is 0.301. The zero-order valence-electron chi connectivity index (χ0n) is 4.88. The Balaban J connectivity index is 2.83. The maximum Gasteiger partial charge on any atom is 0.301 e. The summed E-state index contributed by atoms with van der Waals surface area (Å²) in [7, 11) is 0. The molecule has 0 saturated heterocycles. The second-order valence-electron chi connectivity index (χ2n) is 1.44. The van der Waals surface area contributed by atoms with Crippen LogP contribution in [0.25, 0.3) is 0 Å². The molecule has 0 heterocycles. The Hall–Kier alpha value is 0.800. The normalized spacial score (nSPS) is 13.6. The number of halogens is 1. The number of alkyl halides is 1. The van der Waals surface area contributed by atoms with Gasteiger partial charge < -0.3 is 0 Å². The third kappa shape index (κ3) is 8.80. The molecule has 1 atom stereocenters. The van der Waals surface area contributed by atoms with E-state index in [4.69, 9.17) is 4.55 Å². The Morgan fingerprint density at radius 3 is 2.67 bits per heavy atom. The first-order valence-electron chi connectivity index (χ1n) is 2.57. The summed E-state index contributed by atoms with van der Waals surface area (Å²) in [6.45, 7) is 0.381. The molecule has 0 spiro atoms. The molecule has 1 N–H and O–H groups in total. The monoisotopic (exact) mass is 264 g/mol. The van der Waals surface area contributed by atoms with Gasteiger partial charge in [-0.3, -0.25) is 8.74 Å². The van der Waals surface area contributed by atoms with Crippen molar-refractivity contribution in [1.29, 1.82) is 0 Å². The lowest BCUT2D eigenvalue weighted by Gasteiger charge is -1.94. The molecule has 3 nitrogen and oxygen atoms in total. The Bertz CT molecular complexity index is 87.9. The van der Waals surface area contributed by atoms with Crippen molar-refractivity contribution in [2.45, 2.75) is 12.8 Å². The zero-order valence-corrected chi connectivity index (χ0v) is 7.85. The predicted molar refractivity (Wildman–Crippen MR) is 44.8 cm³/mol. The lowest BCUT2D eigenvalue weighted by Crippen LogP contribution is -1.97. The van der Waals surface area contributed by atoms with Crippen molar-refractivity contribution in [3.05, 3.63) is 0 Å². The number of hydrogen-bond acceptors (Lipinski definition) is 2. The molecular formula is C4H9IO3S. The molecule has 5 heteroatoms. The summed E-state index contributed by atoms with van der Waals surface area (Å²) in [5.41, 5.74) is 0. The fraction of sp³-hybridized carbons (Fsp3) is 1.00. The van der Waals surface area contributed by atoms with Gasteiger partial charge in [0.15, 0.2) is 0 Å². The molecule has 56 valence electrons. The highest BCUT2D eigenvalue weighted by molar-refractivity contribution is 14.1. The van der Waals surface area contributed by atoms with Crippen molar-refractivity contribution in [2.24, 2.45) is 0 Å². The summed E-state index contributed by atoms with van der Waals surface area (Å²) < 4.78 is 23.4. The fourth-order valence-electron chi connectivity index (χ4n) is 0.327. The highest BCUT2D eigenvalue weighted by Crippen LogP contribution is 1.94. The van der Waals surface area contributed by atoms with Crippen LogP contribution in [0.5, 0.6) is 0 Å². The minimum atomic E-state index is -2.07. The van der Waals surface area contributed by atoms with Crippen molar-refractivity contribution < 1.29 is 12.9 Å². The Kier molecular flexibility index (Phi) is 7.53. The van der Waals surface area contributed by atoms with E-state index in [-0.39, 0.29) is 0 Å². The number of hydrogen-bond donors (Lipinski definition) is 1. The third-order valence-electron chi connectivity index (χ3n) is 0.712. The molecule has 0 rings (SSSR count). The smallest absolute Gasteiger partial charge is 0.284 e. The van der Waals surface area contributed by atoms with E-state index in [9.17, 15) is 4.21 Å². The molecule has 0 aliphatic heterocycles. The van der Waals surface area contributed by atoms with Crippen LogP contribution in [-0.4, -0.2) is 19.8 Å². The summed E-state index contributed by atoms with van der Waals surface area (Å²) in [6.07, 6.45) is 1.90. The first-order chi connectivity index (χ1) is 4.27. The van der Waals surface area contributed by atoms with Crippen LogP contribution in [0.1, 0.15) is 12.8 Å². The van der Waals surface area contributed by atoms with Crippen LogP contribution in [0, 0.1) is 0 Å². The van der Waals surface area contributed by atoms with E-state index in [1.54, 1.807) is 0 Å². The van der Waals surface area contributed by atoms with Crippen molar-refractivity contribution in [3.63, 3.8) is 0 Å². The van der Waals surface area contributed by atoms with Gasteiger partial charge in [-0.15, -0.1) is 0 Å². The van der Waals surface area contributed by atoms with E-state index in [1.807, 2.05) is 0 Å². The summed E-state index contributed by atoms with van der Waals surface area (Å²) in [5.74, 6) is 0. The van der Waals surface area contributed by atoms with Crippen LogP contribution in [0.4, 0.5) is 0 Å². The van der Waals surface area contributed by atoms with Crippen LogP contribution in [0.15, 0.2) is 0 Å². The largest absolute Gasteiger partial charge is 0.301 e. The average molecular weight is 264 g/mol. The van der Waals surface area contributed by atoms with Gasteiger partial charge in [-0.2, -0.15) is 4.21 Å². The van der Waals surface area contributed by atoms with Gasteiger partial charge in [0.25, 0.3) is 0 Å². The highest BCUT2D eigenvalue weighted by Gasteiger charge is 1.91. The molecule has 0 bridgehead atoms. The second-order valence-corrected chi connectivity index (χ2v) is 3.18. The van der Waals surface area contributed by atoms with Gasteiger partial charge in [0.2, 0.25) is 0 Å². The molecule has 0 aliphatic rings. The molecule has 0 amide bonds. The van der Waals surface area contributed by atoms with Gasteiger partial charge in [-0.25, -0.2) is 0 Å². The second kappa shape index (κ2) is 6.91. The molecule has 0 aromatic rings. The van der Waals surface area contributed by atoms with Gasteiger partial charge in [0, 0.05) is 0 Å². The summed E-state index contributed by atoms with van der Waals surface area (Å²) in [6, 6.07) is 0. The van der Waals surface area contributed by atoms with E-state index >= 15 is 0 Å². The van der Waals surface area contributed by atoms with Crippen molar-refractivity contribution in [1.82, 2.24) is 0 Å². The lowest BCUT2D eigenvalue weighted by atomic mass is 10.4. The van der Waals surface area contributed by atoms with Crippen LogP contribution < -0.4 is 0 Å². The van der Waals surface area contributed by atoms with E-state index in [2.05, 4.69) is 26.8 Å². The molecule has 1 unspecified atom stereocenters. The molecule has 0 aliphatic carbocycles. The van der Waals surface area contributed by atoms with E-state index in [1.165, 1.54) is 0 Å². The van der Waals surface area contributed by atoms with Gasteiger partial charge >= 0.3 is 11.4 Å². The number of unbranched alkanes of at least 4 members (excludes halogenated alkanes) is 1. The van der Waals surface area contributed by atoms with Crippen molar-refractivity contribution in [2.75, 3.05) is 11.0 Å². The maximum atomic E-state index is 9.85. The summed E-state index contributed by atoms with van der Waals surface area (Å²) in [4.78, 5) is 0. The molecule has 0 radical (unpaired) electrons. The first kappa shape index (κ1) is 9.80. The Morgan fingerprint density at radius 1 is 1.56 bits per heavy atom. The highest BCUT2D eigenvalue weighted by atomic mass is 127. The van der Waals surface area contributed by atoms with Gasteiger partial charge in [0.05, 0.1) is 6.61 Å². The zero-order chi connectivity index (χ0) is 7.11. The number of rotatable bonds is 5. The average Bonchev–Trinajstić information content (AvgIpc) is 1.80. The van der Waals surface area contributed by atoms with Gasteiger partial charge in [0.1, 0.15) is 0 Å². The van der Waals surface area contributed by atoms with Crippen LogP contribution in [0.2, 0.25) is 0 Å². The quantitative estimate of drug-likeness (QED) is 0.353. The molecule has 0 fully saturated rings. The van der Waals surface area contributed by atoms with Crippen LogP contribution in [-0.2, 0) is 15.5 Å². The topological polar surface area (TPSA) is 46.5 Å².